The Morgan fingerprint density at radius 2 is 1.00 bits per heavy atom. The minimum Gasteiger partial charge on any atom is -0.0616 e. The van der Waals surface area contributed by atoms with Gasteiger partial charge in [0.05, 0.1) is 0 Å². The molecule has 5 aromatic rings. The van der Waals surface area contributed by atoms with Crippen LogP contribution in [0.5, 0.6) is 0 Å². The second kappa shape index (κ2) is 6.41. The van der Waals surface area contributed by atoms with Crippen molar-refractivity contribution in [3.63, 3.8) is 0 Å². The largest absolute Gasteiger partial charge is 0.0616 e. The molecule has 27 heavy (non-hydrogen) atoms. The highest BCUT2D eigenvalue weighted by molar-refractivity contribution is 6.05. The Morgan fingerprint density at radius 3 is 1.70 bits per heavy atom. The van der Waals surface area contributed by atoms with Crippen LogP contribution in [0.3, 0.4) is 0 Å². The van der Waals surface area contributed by atoms with Crippen molar-refractivity contribution in [3.8, 4) is 22.3 Å². The topological polar surface area (TPSA) is 0 Å². The fourth-order valence-corrected chi connectivity index (χ4v) is 3.89. The Balaban J connectivity index is 1.74. The summed E-state index contributed by atoms with van der Waals surface area (Å²) in [5, 5.41) is 5.15. The Bertz CT molecular complexity index is 1260. The van der Waals surface area contributed by atoms with Crippen molar-refractivity contribution < 1.29 is 0 Å². The first-order valence-corrected chi connectivity index (χ1v) is 9.37. The van der Waals surface area contributed by atoms with Gasteiger partial charge in [-0.2, -0.15) is 0 Å². The molecule has 0 heterocycles. The van der Waals surface area contributed by atoms with E-state index in [0.717, 1.165) is 0 Å². The van der Waals surface area contributed by atoms with Crippen molar-refractivity contribution in [2.75, 3.05) is 0 Å². The molecule has 0 atom stereocenters. The van der Waals surface area contributed by atoms with E-state index in [4.69, 9.17) is 0 Å². The van der Waals surface area contributed by atoms with Gasteiger partial charge in [-0.25, -0.2) is 0 Å². The van der Waals surface area contributed by atoms with Crippen LogP contribution in [0.2, 0.25) is 0 Å². The summed E-state index contributed by atoms with van der Waals surface area (Å²) < 4.78 is 0. The lowest BCUT2D eigenvalue weighted by atomic mass is 9.91. The predicted octanol–water partition coefficient (Wildman–Crippen LogP) is 7.64. The third-order valence-electron chi connectivity index (χ3n) is 5.35. The molecule has 0 heteroatoms. The molecule has 5 rings (SSSR count). The summed E-state index contributed by atoms with van der Waals surface area (Å²) in [6.45, 7) is 2.13. The minimum atomic E-state index is 1.26. The van der Waals surface area contributed by atoms with Crippen LogP contribution in [0.1, 0.15) is 5.56 Å². The van der Waals surface area contributed by atoms with Crippen LogP contribution in [0.15, 0.2) is 103 Å². The van der Waals surface area contributed by atoms with Crippen LogP contribution < -0.4 is 0 Å². The first kappa shape index (κ1) is 15.8. The van der Waals surface area contributed by atoms with Crippen molar-refractivity contribution in [2.24, 2.45) is 0 Å². The summed E-state index contributed by atoms with van der Waals surface area (Å²) in [4.78, 5) is 0. The van der Waals surface area contributed by atoms with Crippen LogP contribution in [0.4, 0.5) is 0 Å². The summed E-state index contributed by atoms with van der Waals surface area (Å²) in [5.74, 6) is 0. The van der Waals surface area contributed by atoms with Crippen molar-refractivity contribution in [1.29, 1.82) is 0 Å². The van der Waals surface area contributed by atoms with Gasteiger partial charge < -0.3 is 0 Å². The van der Waals surface area contributed by atoms with Gasteiger partial charge in [-0.1, -0.05) is 103 Å². The van der Waals surface area contributed by atoms with E-state index >= 15 is 0 Å². The summed E-state index contributed by atoms with van der Waals surface area (Å²) in [6, 6.07) is 37.3. The molecule has 5 aromatic carbocycles. The van der Waals surface area contributed by atoms with E-state index in [0.29, 0.717) is 0 Å². The summed E-state index contributed by atoms with van der Waals surface area (Å²) in [6.07, 6.45) is 0. The quantitative estimate of drug-likeness (QED) is 0.309. The highest BCUT2D eigenvalue weighted by atomic mass is 14.1. The summed E-state index contributed by atoms with van der Waals surface area (Å²) in [7, 11) is 0. The fourth-order valence-electron chi connectivity index (χ4n) is 3.89. The van der Waals surface area contributed by atoms with Gasteiger partial charge in [0.15, 0.2) is 0 Å². The van der Waals surface area contributed by atoms with E-state index in [1.165, 1.54) is 49.4 Å². The highest BCUT2D eigenvalue weighted by Crippen LogP contribution is 2.36. The molecule has 0 spiro atoms. The van der Waals surface area contributed by atoms with E-state index in [2.05, 4.69) is 110 Å². The lowest BCUT2D eigenvalue weighted by molar-refractivity contribution is 1.47. The standard InChI is InChI=1S/C27H20/c1-19-10-12-21(13-11-19)24-16-17-25(27-9-5-4-8-26(24)27)23-15-14-20-6-2-3-7-22(20)18-23/h2-18H,1H3. The second-order valence-electron chi connectivity index (χ2n) is 7.13. The SMILES string of the molecule is Cc1ccc(-c2ccc(-c3ccc4ccccc4c3)c3ccccc23)cc1. The van der Waals surface area contributed by atoms with Crippen LogP contribution >= 0.6 is 0 Å². The van der Waals surface area contributed by atoms with Crippen LogP contribution in [-0.4, -0.2) is 0 Å². The lowest BCUT2D eigenvalue weighted by Gasteiger charge is -2.13. The first-order valence-electron chi connectivity index (χ1n) is 9.37. The van der Waals surface area contributed by atoms with E-state index in [9.17, 15) is 0 Å². The van der Waals surface area contributed by atoms with E-state index in [1.54, 1.807) is 0 Å². The Hall–Kier alpha value is -3.38. The zero-order valence-electron chi connectivity index (χ0n) is 15.3. The van der Waals surface area contributed by atoms with Gasteiger partial charge in [0, 0.05) is 0 Å². The molecular weight excluding hydrogens is 324 g/mol. The number of hydrogen-bond acceptors (Lipinski definition) is 0. The molecular formula is C27H20. The fraction of sp³-hybridized carbons (Fsp3) is 0.0370. The molecule has 0 saturated heterocycles. The molecule has 0 unspecified atom stereocenters. The molecule has 0 nitrogen and oxygen atoms in total. The molecule has 0 aliphatic rings. The maximum Gasteiger partial charge on any atom is -0.00992 e. The number of benzene rings is 5. The van der Waals surface area contributed by atoms with Gasteiger partial charge in [-0.05, 0) is 56.8 Å². The van der Waals surface area contributed by atoms with E-state index in [1.807, 2.05) is 0 Å². The molecule has 0 saturated carbocycles. The van der Waals surface area contributed by atoms with Crippen LogP contribution in [0.25, 0.3) is 43.8 Å². The Morgan fingerprint density at radius 1 is 0.444 bits per heavy atom. The van der Waals surface area contributed by atoms with Crippen LogP contribution in [0, 0.1) is 6.92 Å². The lowest BCUT2D eigenvalue weighted by Crippen LogP contribution is -1.86. The first-order chi connectivity index (χ1) is 13.3. The normalized spacial score (nSPS) is 11.1. The molecule has 0 N–H and O–H groups in total. The predicted molar refractivity (Wildman–Crippen MR) is 117 cm³/mol. The van der Waals surface area contributed by atoms with Gasteiger partial charge in [0.2, 0.25) is 0 Å². The second-order valence-corrected chi connectivity index (χ2v) is 7.13. The van der Waals surface area contributed by atoms with Crippen molar-refractivity contribution in [1.82, 2.24) is 0 Å². The third kappa shape index (κ3) is 2.80. The van der Waals surface area contributed by atoms with E-state index in [-0.39, 0.29) is 0 Å². The highest BCUT2D eigenvalue weighted by Gasteiger charge is 2.09. The molecule has 0 radical (unpaired) electrons. The number of hydrogen-bond donors (Lipinski definition) is 0. The molecule has 0 aliphatic carbocycles. The average molecular weight is 344 g/mol. The van der Waals surface area contributed by atoms with Gasteiger partial charge in [0.1, 0.15) is 0 Å². The van der Waals surface area contributed by atoms with Gasteiger partial charge in [-0.15, -0.1) is 0 Å². The molecule has 128 valence electrons. The monoisotopic (exact) mass is 344 g/mol. The Kier molecular flexibility index (Phi) is 3.76. The maximum atomic E-state index is 2.29. The van der Waals surface area contributed by atoms with Crippen molar-refractivity contribution in [3.05, 3.63) is 109 Å². The summed E-state index contributed by atoms with van der Waals surface area (Å²) in [5.41, 5.74) is 6.39. The molecule has 0 aliphatic heterocycles. The summed E-state index contributed by atoms with van der Waals surface area (Å²) >= 11 is 0. The zero-order chi connectivity index (χ0) is 18.2. The average Bonchev–Trinajstić information content (AvgIpc) is 2.73. The van der Waals surface area contributed by atoms with Crippen molar-refractivity contribution in [2.45, 2.75) is 6.92 Å². The number of aryl methyl sites for hydroxylation is 1. The number of fused-ring (bicyclic) bond motifs is 2. The molecule has 0 fully saturated rings. The smallest absolute Gasteiger partial charge is 0.00992 e. The molecule has 0 amide bonds. The zero-order valence-corrected chi connectivity index (χ0v) is 15.3. The van der Waals surface area contributed by atoms with E-state index < -0.39 is 0 Å². The molecule has 0 aromatic heterocycles. The van der Waals surface area contributed by atoms with Crippen LogP contribution in [-0.2, 0) is 0 Å². The van der Waals surface area contributed by atoms with Crippen molar-refractivity contribution >= 4 is 21.5 Å². The molecule has 0 bridgehead atoms. The van der Waals surface area contributed by atoms with Gasteiger partial charge in [-0.3, -0.25) is 0 Å². The number of rotatable bonds is 2. The van der Waals surface area contributed by atoms with Gasteiger partial charge in [0.25, 0.3) is 0 Å². The maximum absolute atomic E-state index is 2.29. The third-order valence-corrected chi connectivity index (χ3v) is 5.35. The van der Waals surface area contributed by atoms with Gasteiger partial charge >= 0.3 is 0 Å². The minimum absolute atomic E-state index is 1.26. The Labute approximate surface area is 159 Å².